The Bertz CT molecular complexity index is 394. The van der Waals surface area contributed by atoms with Crippen molar-refractivity contribution >= 4 is 44.9 Å². The summed E-state index contributed by atoms with van der Waals surface area (Å²) >= 11 is 0. The monoisotopic (exact) mass is 376 g/mol. The lowest BCUT2D eigenvalue weighted by Gasteiger charge is -2.29. The predicted octanol–water partition coefficient (Wildman–Crippen LogP) is 5.16. The highest BCUT2D eigenvalue weighted by molar-refractivity contribution is 6.81. The smallest absolute Gasteiger partial charge is 0.247 e. The summed E-state index contributed by atoms with van der Waals surface area (Å²) in [6.45, 7) is 26.3. The molecule has 0 aliphatic carbocycles. The Balaban J connectivity index is 5.96. The van der Waals surface area contributed by atoms with Crippen LogP contribution in [0.3, 0.4) is 0 Å². The van der Waals surface area contributed by atoms with Crippen molar-refractivity contribution in [3.05, 3.63) is 0 Å². The van der Waals surface area contributed by atoms with E-state index in [1.54, 1.807) is 0 Å². The van der Waals surface area contributed by atoms with Crippen LogP contribution in [0, 0.1) is 0 Å². The SMILES string of the molecule is C[Si](C)(C)/N=C(O[Si](C)(C)C)/C(=N/[Si](C)(C)C)O[Si](C)(C)C. The largest absolute Gasteiger partial charge is 0.529 e. The molecule has 0 rings (SSSR count). The van der Waals surface area contributed by atoms with Gasteiger partial charge in [-0.05, 0) is 78.6 Å². The molecular formula is C14H36N2O2Si4. The Morgan fingerprint density at radius 3 is 0.864 bits per heavy atom. The van der Waals surface area contributed by atoms with E-state index >= 15 is 0 Å². The molecule has 0 aromatic rings. The van der Waals surface area contributed by atoms with E-state index in [0.717, 1.165) is 0 Å². The van der Waals surface area contributed by atoms with Crippen molar-refractivity contribution in [3.8, 4) is 0 Å². The molecule has 0 saturated carbocycles. The molecule has 0 radical (unpaired) electrons. The van der Waals surface area contributed by atoms with E-state index in [1.807, 2.05) is 0 Å². The Morgan fingerprint density at radius 2 is 0.727 bits per heavy atom. The average molecular weight is 377 g/mol. The van der Waals surface area contributed by atoms with E-state index in [0.29, 0.717) is 11.8 Å². The molecule has 0 spiro atoms. The molecule has 0 bridgehead atoms. The topological polar surface area (TPSA) is 43.2 Å². The van der Waals surface area contributed by atoms with Gasteiger partial charge in [-0.3, -0.25) is 9.32 Å². The van der Waals surface area contributed by atoms with Gasteiger partial charge in [0.15, 0.2) is 16.5 Å². The minimum Gasteiger partial charge on any atom is -0.529 e. The summed E-state index contributed by atoms with van der Waals surface area (Å²) in [6, 6.07) is 0. The van der Waals surface area contributed by atoms with E-state index < -0.39 is 33.1 Å². The average Bonchev–Trinajstić information content (AvgIpc) is 2.05. The maximum atomic E-state index is 6.28. The van der Waals surface area contributed by atoms with Crippen molar-refractivity contribution < 1.29 is 8.85 Å². The predicted molar refractivity (Wildman–Crippen MR) is 110 cm³/mol. The summed E-state index contributed by atoms with van der Waals surface area (Å²) in [5.74, 6) is 1.31. The summed E-state index contributed by atoms with van der Waals surface area (Å²) in [6.07, 6.45) is 0. The first kappa shape index (κ1) is 21.8. The summed E-state index contributed by atoms with van der Waals surface area (Å²) in [7, 11) is -6.90. The van der Waals surface area contributed by atoms with Crippen molar-refractivity contribution in [2.75, 3.05) is 0 Å². The molecule has 8 heteroatoms. The highest BCUT2D eigenvalue weighted by Crippen LogP contribution is 2.15. The molecule has 0 aliphatic heterocycles. The first-order valence-electron chi connectivity index (χ1n) is 7.96. The third kappa shape index (κ3) is 12.4. The first-order chi connectivity index (χ1) is 9.38. The van der Waals surface area contributed by atoms with E-state index in [1.165, 1.54) is 0 Å². The fraction of sp³-hybridized carbons (Fsp3) is 0.857. The van der Waals surface area contributed by atoms with Gasteiger partial charge < -0.3 is 8.85 Å². The number of hydrogen-bond donors (Lipinski definition) is 0. The lowest BCUT2D eigenvalue weighted by molar-refractivity contribution is 0.513. The molecule has 0 heterocycles. The maximum Gasteiger partial charge on any atom is 0.247 e. The van der Waals surface area contributed by atoms with Crippen LogP contribution in [0.4, 0.5) is 0 Å². The molecule has 4 nitrogen and oxygen atoms in total. The highest BCUT2D eigenvalue weighted by Gasteiger charge is 2.30. The van der Waals surface area contributed by atoms with Gasteiger partial charge in [-0.15, -0.1) is 0 Å². The van der Waals surface area contributed by atoms with Gasteiger partial charge in [-0.2, -0.15) is 0 Å². The van der Waals surface area contributed by atoms with Crippen LogP contribution in [0.5, 0.6) is 0 Å². The lowest BCUT2D eigenvalue weighted by Crippen LogP contribution is -2.42. The van der Waals surface area contributed by atoms with Crippen molar-refractivity contribution in [1.82, 2.24) is 0 Å². The molecular weight excluding hydrogens is 341 g/mol. The molecule has 0 aromatic carbocycles. The lowest BCUT2D eigenvalue weighted by atomic mass is 10.7. The van der Waals surface area contributed by atoms with Crippen LogP contribution < -0.4 is 0 Å². The zero-order valence-corrected chi connectivity index (χ0v) is 20.7. The van der Waals surface area contributed by atoms with E-state index in [-0.39, 0.29) is 0 Å². The van der Waals surface area contributed by atoms with E-state index in [2.05, 4.69) is 78.6 Å². The van der Waals surface area contributed by atoms with E-state index in [4.69, 9.17) is 18.2 Å². The summed E-state index contributed by atoms with van der Waals surface area (Å²) < 4.78 is 22.4. The molecule has 0 saturated heterocycles. The normalized spacial score (nSPS) is 15.8. The van der Waals surface area contributed by atoms with Crippen LogP contribution in [0.15, 0.2) is 9.32 Å². The molecule has 0 unspecified atom stereocenters. The van der Waals surface area contributed by atoms with Crippen LogP contribution in [0.1, 0.15) is 0 Å². The molecule has 22 heavy (non-hydrogen) atoms. The van der Waals surface area contributed by atoms with Gasteiger partial charge >= 0.3 is 0 Å². The van der Waals surface area contributed by atoms with Crippen LogP contribution in [0.2, 0.25) is 78.6 Å². The van der Waals surface area contributed by atoms with Crippen molar-refractivity contribution in [2.24, 2.45) is 9.32 Å². The van der Waals surface area contributed by atoms with Gasteiger partial charge in [0.2, 0.25) is 28.4 Å². The Morgan fingerprint density at radius 1 is 0.500 bits per heavy atom. The van der Waals surface area contributed by atoms with Crippen molar-refractivity contribution in [3.63, 3.8) is 0 Å². The van der Waals surface area contributed by atoms with Crippen molar-refractivity contribution in [1.29, 1.82) is 0 Å². The van der Waals surface area contributed by atoms with Gasteiger partial charge in [0.1, 0.15) is 0 Å². The first-order valence-corrected chi connectivity index (χ1v) is 21.7. The van der Waals surface area contributed by atoms with Gasteiger partial charge in [0, 0.05) is 0 Å². The molecule has 0 atom stereocenters. The third-order valence-electron chi connectivity index (χ3n) is 1.86. The summed E-state index contributed by atoms with van der Waals surface area (Å²) in [5, 5.41) is 0. The molecule has 0 amide bonds. The van der Waals surface area contributed by atoms with E-state index in [9.17, 15) is 0 Å². The Kier molecular flexibility index (Phi) is 7.08. The Hall–Kier alpha value is -0.192. The highest BCUT2D eigenvalue weighted by atomic mass is 28.4. The quantitative estimate of drug-likeness (QED) is 0.386. The number of nitrogens with zero attached hydrogens (tertiary/aromatic N) is 2. The van der Waals surface area contributed by atoms with Crippen LogP contribution in [-0.4, -0.2) is 44.9 Å². The third-order valence-corrected chi connectivity index (χ3v) is 5.22. The number of rotatable bonds is 4. The van der Waals surface area contributed by atoms with Crippen LogP contribution >= 0.6 is 0 Å². The molecule has 0 N–H and O–H groups in total. The van der Waals surface area contributed by atoms with Gasteiger partial charge in [-0.25, -0.2) is 0 Å². The minimum atomic E-state index is -1.77. The molecule has 0 aromatic heterocycles. The fourth-order valence-electron chi connectivity index (χ4n) is 1.42. The summed E-state index contributed by atoms with van der Waals surface area (Å²) in [4.78, 5) is 0. The van der Waals surface area contributed by atoms with Gasteiger partial charge in [0.25, 0.3) is 0 Å². The second-order valence-corrected chi connectivity index (χ2v) is 27.6. The van der Waals surface area contributed by atoms with Crippen LogP contribution in [0.25, 0.3) is 0 Å². The standard InChI is InChI=1S/C14H36N2O2Si4/c1-19(2,3)15-13(17-21(7,8)9)14(16-20(4,5)6)18-22(10,11)12/h1-12H3/b15-13-,16-14-. The molecule has 0 aliphatic rings. The molecule has 130 valence electrons. The molecule has 0 fully saturated rings. The Labute approximate surface area is 141 Å². The fourth-order valence-corrected chi connectivity index (χ4v) is 4.53. The van der Waals surface area contributed by atoms with Gasteiger partial charge in [-0.1, -0.05) is 0 Å². The summed E-state index contributed by atoms with van der Waals surface area (Å²) in [5.41, 5.74) is 0. The number of hydrogen-bond acceptors (Lipinski definition) is 4. The minimum absolute atomic E-state index is 0.656. The second kappa shape index (κ2) is 7.14. The maximum absolute atomic E-state index is 6.28. The van der Waals surface area contributed by atoms with Crippen LogP contribution in [-0.2, 0) is 8.85 Å². The zero-order valence-electron chi connectivity index (χ0n) is 16.7. The zero-order chi connectivity index (χ0) is 18.0. The van der Waals surface area contributed by atoms with Gasteiger partial charge in [0.05, 0.1) is 0 Å². The second-order valence-electron chi connectivity index (χ2n) is 9.60. The van der Waals surface area contributed by atoms with Crippen molar-refractivity contribution in [2.45, 2.75) is 78.6 Å².